The average molecular weight is 238 g/mol. The van der Waals surface area contributed by atoms with Gasteiger partial charge in [-0.25, -0.2) is 0 Å². The third-order valence-corrected chi connectivity index (χ3v) is 2.83. The first-order valence-corrected chi connectivity index (χ1v) is 5.51. The van der Waals surface area contributed by atoms with Crippen LogP contribution in [0.15, 0.2) is 0 Å². The third kappa shape index (κ3) is 2.56. The van der Waals surface area contributed by atoms with Gasteiger partial charge in [0.25, 0.3) is 0 Å². The lowest BCUT2D eigenvalue weighted by Gasteiger charge is -2.39. The van der Waals surface area contributed by atoms with Crippen LogP contribution in [0.5, 0.6) is 0 Å². The third-order valence-electron chi connectivity index (χ3n) is 2.83. The van der Waals surface area contributed by atoms with E-state index < -0.39 is 18.0 Å². The average Bonchev–Trinajstić information content (AvgIpc) is 2.23. The molecule has 0 saturated carbocycles. The summed E-state index contributed by atoms with van der Waals surface area (Å²) in [4.78, 5) is 0. The van der Waals surface area contributed by atoms with Crippen LogP contribution in [-0.4, -0.2) is 25.2 Å². The van der Waals surface area contributed by atoms with E-state index in [1.165, 1.54) is 0 Å². The Bertz CT molecular complexity index is 325. The summed E-state index contributed by atoms with van der Waals surface area (Å²) < 4.78 is 21.0. The van der Waals surface area contributed by atoms with Gasteiger partial charge in [0.2, 0.25) is 0 Å². The molecule has 6 nitrogen and oxygen atoms in total. The van der Waals surface area contributed by atoms with Crippen molar-refractivity contribution in [1.82, 2.24) is 0 Å². The van der Waals surface area contributed by atoms with Gasteiger partial charge in [-0.05, 0) is 13.8 Å². The van der Waals surface area contributed by atoms with Crippen LogP contribution in [0.4, 0.5) is 0 Å². The monoisotopic (exact) mass is 238 g/mol. The van der Waals surface area contributed by atoms with Gasteiger partial charge in [0.1, 0.15) is 0 Å². The van der Waals surface area contributed by atoms with Gasteiger partial charge < -0.3 is 18.9 Å². The SMILES string of the molecule is CC1OC(CC(C#N)(C#N)CC2OC(C)O2)O1. The summed E-state index contributed by atoms with van der Waals surface area (Å²) in [6.07, 6.45) is -1.06. The van der Waals surface area contributed by atoms with Crippen molar-refractivity contribution in [2.24, 2.45) is 5.41 Å². The summed E-state index contributed by atoms with van der Waals surface area (Å²) in [6.45, 7) is 3.52. The van der Waals surface area contributed by atoms with Gasteiger partial charge in [0, 0.05) is 12.8 Å². The van der Waals surface area contributed by atoms with E-state index in [4.69, 9.17) is 29.5 Å². The van der Waals surface area contributed by atoms with Crippen LogP contribution < -0.4 is 0 Å². The predicted molar refractivity (Wildman–Crippen MR) is 53.7 cm³/mol. The summed E-state index contributed by atoms with van der Waals surface area (Å²) in [5.74, 6) is 0. The van der Waals surface area contributed by atoms with Crippen molar-refractivity contribution in [3.05, 3.63) is 0 Å². The summed E-state index contributed by atoms with van der Waals surface area (Å²) >= 11 is 0. The Morgan fingerprint density at radius 3 is 1.47 bits per heavy atom. The minimum absolute atomic E-state index is 0.210. The van der Waals surface area contributed by atoms with Crippen LogP contribution in [0, 0.1) is 28.1 Å². The zero-order valence-corrected chi connectivity index (χ0v) is 9.75. The Hall–Kier alpha value is -1.18. The van der Waals surface area contributed by atoms with Crippen molar-refractivity contribution in [2.75, 3.05) is 0 Å². The van der Waals surface area contributed by atoms with Gasteiger partial charge >= 0.3 is 0 Å². The molecule has 2 aliphatic rings. The molecule has 0 radical (unpaired) electrons. The normalized spacial score (nSPS) is 36.2. The Balaban J connectivity index is 1.90. The fourth-order valence-electron chi connectivity index (χ4n) is 1.93. The zero-order valence-electron chi connectivity index (χ0n) is 9.75. The smallest absolute Gasteiger partial charge is 0.166 e. The van der Waals surface area contributed by atoms with Gasteiger partial charge in [-0.15, -0.1) is 0 Å². The minimum atomic E-state index is -1.18. The molecule has 2 aliphatic heterocycles. The van der Waals surface area contributed by atoms with Crippen LogP contribution in [0.3, 0.4) is 0 Å². The summed E-state index contributed by atoms with van der Waals surface area (Å²) in [5, 5.41) is 18.3. The summed E-state index contributed by atoms with van der Waals surface area (Å²) in [7, 11) is 0. The van der Waals surface area contributed by atoms with E-state index in [1.54, 1.807) is 13.8 Å². The fraction of sp³-hybridized carbons (Fsp3) is 0.818. The van der Waals surface area contributed by atoms with E-state index in [0.29, 0.717) is 0 Å². The number of rotatable bonds is 4. The van der Waals surface area contributed by atoms with Crippen molar-refractivity contribution in [2.45, 2.75) is 51.8 Å². The molecule has 2 heterocycles. The highest BCUT2D eigenvalue weighted by molar-refractivity contribution is 5.14. The first-order chi connectivity index (χ1) is 8.07. The molecule has 92 valence electrons. The van der Waals surface area contributed by atoms with E-state index in [9.17, 15) is 0 Å². The highest BCUT2D eigenvalue weighted by atomic mass is 16.9. The van der Waals surface area contributed by atoms with Crippen LogP contribution >= 0.6 is 0 Å². The second-order valence-electron chi connectivity index (χ2n) is 4.25. The number of nitriles is 2. The predicted octanol–water partition coefficient (Wildman–Crippen LogP) is 1.24. The number of hydrogen-bond acceptors (Lipinski definition) is 6. The second kappa shape index (κ2) is 4.59. The van der Waals surface area contributed by atoms with Crippen molar-refractivity contribution >= 4 is 0 Å². The molecule has 2 rings (SSSR count). The maximum Gasteiger partial charge on any atom is 0.166 e. The largest absolute Gasteiger partial charge is 0.324 e. The molecule has 0 aromatic heterocycles. The molecule has 2 fully saturated rings. The summed E-state index contributed by atoms with van der Waals surface area (Å²) in [6, 6.07) is 4.02. The van der Waals surface area contributed by atoms with Gasteiger partial charge in [-0.1, -0.05) is 0 Å². The summed E-state index contributed by atoms with van der Waals surface area (Å²) in [5.41, 5.74) is -1.18. The highest BCUT2D eigenvalue weighted by Crippen LogP contribution is 2.36. The molecule has 6 heteroatoms. The zero-order chi connectivity index (χ0) is 12.5. The molecule has 0 N–H and O–H groups in total. The van der Waals surface area contributed by atoms with Gasteiger partial charge in [-0.2, -0.15) is 10.5 Å². The van der Waals surface area contributed by atoms with E-state index in [2.05, 4.69) is 0 Å². The maximum atomic E-state index is 9.15. The van der Waals surface area contributed by atoms with Crippen molar-refractivity contribution < 1.29 is 18.9 Å². The molecule has 17 heavy (non-hydrogen) atoms. The topological polar surface area (TPSA) is 84.5 Å². The first kappa shape index (κ1) is 12.3. The lowest BCUT2D eigenvalue weighted by atomic mass is 9.83. The van der Waals surface area contributed by atoms with Gasteiger partial charge in [0.05, 0.1) is 12.1 Å². The lowest BCUT2D eigenvalue weighted by molar-refractivity contribution is -0.392. The molecular weight excluding hydrogens is 224 g/mol. The van der Waals surface area contributed by atoms with Gasteiger partial charge in [-0.3, -0.25) is 0 Å². The number of nitrogens with zero attached hydrogens (tertiary/aromatic N) is 2. The molecule has 0 bridgehead atoms. The van der Waals surface area contributed by atoms with Crippen LogP contribution in [0.25, 0.3) is 0 Å². The Kier molecular flexibility index (Phi) is 3.32. The Morgan fingerprint density at radius 2 is 1.24 bits per heavy atom. The van der Waals surface area contributed by atoms with Gasteiger partial charge in [0.15, 0.2) is 30.6 Å². The van der Waals surface area contributed by atoms with Crippen LogP contribution in [0.1, 0.15) is 26.7 Å². The second-order valence-corrected chi connectivity index (χ2v) is 4.25. The molecule has 0 aliphatic carbocycles. The standard InChI is InChI=1S/C11H14N2O4/c1-7-14-9(15-7)3-11(5-12,6-13)4-10-16-8(2)17-10/h7-10H,3-4H2,1-2H3. The molecule has 0 aromatic rings. The molecule has 0 amide bonds. The number of ether oxygens (including phenoxy) is 4. The molecule has 0 spiro atoms. The van der Waals surface area contributed by atoms with E-state index in [-0.39, 0.29) is 25.4 Å². The van der Waals surface area contributed by atoms with Crippen molar-refractivity contribution in [3.8, 4) is 12.1 Å². The molecule has 2 saturated heterocycles. The van der Waals surface area contributed by atoms with Crippen LogP contribution in [-0.2, 0) is 18.9 Å². The molecule has 0 atom stereocenters. The quantitative estimate of drug-likeness (QED) is 0.732. The molecule has 0 aromatic carbocycles. The minimum Gasteiger partial charge on any atom is -0.324 e. The maximum absolute atomic E-state index is 9.15. The van der Waals surface area contributed by atoms with Crippen molar-refractivity contribution in [1.29, 1.82) is 10.5 Å². The molecule has 0 unspecified atom stereocenters. The number of hydrogen-bond donors (Lipinski definition) is 0. The molecular formula is C11H14N2O4. The Labute approximate surface area is 99.6 Å². The fourth-order valence-corrected chi connectivity index (χ4v) is 1.93. The lowest BCUT2D eigenvalue weighted by Crippen LogP contribution is -2.46. The van der Waals surface area contributed by atoms with E-state index >= 15 is 0 Å². The first-order valence-electron chi connectivity index (χ1n) is 5.51. The van der Waals surface area contributed by atoms with Crippen molar-refractivity contribution in [3.63, 3.8) is 0 Å². The van der Waals surface area contributed by atoms with E-state index in [1.807, 2.05) is 12.1 Å². The highest BCUT2D eigenvalue weighted by Gasteiger charge is 2.44. The Morgan fingerprint density at radius 1 is 0.882 bits per heavy atom. The van der Waals surface area contributed by atoms with E-state index in [0.717, 1.165) is 0 Å². The van der Waals surface area contributed by atoms with Crippen LogP contribution in [0.2, 0.25) is 0 Å².